The van der Waals surface area contributed by atoms with Crippen LogP contribution in [-0.4, -0.2) is 17.9 Å². The Morgan fingerprint density at radius 3 is 2.77 bits per heavy atom. The monoisotopic (exact) mass is 308 g/mol. The number of rotatable bonds is 3. The van der Waals surface area contributed by atoms with Crippen molar-refractivity contribution in [3.8, 4) is 5.75 Å². The van der Waals surface area contributed by atoms with Gasteiger partial charge in [-0.15, -0.1) is 13.2 Å². The van der Waals surface area contributed by atoms with Crippen LogP contribution in [0.4, 0.5) is 18.9 Å². The van der Waals surface area contributed by atoms with E-state index in [1.807, 2.05) is 18.2 Å². The summed E-state index contributed by atoms with van der Waals surface area (Å²) in [5.74, 6) is -0.161. The highest BCUT2D eigenvalue weighted by molar-refractivity contribution is 5.58. The Morgan fingerprint density at radius 2 is 2.05 bits per heavy atom. The summed E-state index contributed by atoms with van der Waals surface area (Å²) in [6.45, 7) is 1.51. The van der Waals surface area contributed by atoms with Crippen LogP contribution in [0.3, 0.4) is 0 Å². The largest absolute Gasteiger partial charge is 0.573 e. The lowest BCUT2D eigenvalue weighted by molar-refractivity contribution is -0.274. The molecule has 2 heterocycles. The summed E-state index contributed by atoms with van der Waals surface area (Å²) in [6, 6.07) is 10.3. The first-order valence-corrected chi connectivity index (χ1v) is 7.05. The smallest absolute Gasteiger partial charge is 0.406 e. The second kappa shape index (κ2) is 5.87. The predicted octanol–water partition coefficient (Wildman–Crippen LogP) is 3.93. The highest BCUT2D eigenvalue weighted by atomic mass is 19.4. The van der Waals surface area contributed by atoms with Gasteiger partial charge < -0.3 is 9.64 Å². The maximum Gasteiger partial charge on any atom is 0.573 e. The number of ether oxygens (including phenoxy) is 1. The molecule has 0 fully saturated rings. The molecular weight excluding hydrogens is 293 g/mol. The number of nitrogens with zero attached hydrogens (tertiary/aromatic N) is 2. The molecule has 3 rings (SSSR count). The third-order valence-corrected chi connectivity index (χ3v) is 3.58. The molecule has 0 N–H and O–H groups in total. The number of hydrogen-bond donors (Lipinski definition) is 0. The van der Waals surface area contributed by atoms with Gasteiger partial charge in [0.05, 0.1) is 12.2 Å². The van der Waals surface area contributed by atoms with E-state index >= 15 is 0 Å². The van der Waals surface area contributed by atoms with Gasteiger partial charge >= 0.3 is 6.36 Å². The molecule has 0 bridgehead atoms. The molecule has 0 saturated carbocycles. The molecule has 1 aliphatic rings. The fraction of sp³-hybridized carbons (Fsp3) is 0.312. The van der Waals surface area contributed by atoms with E-state index in [0.29, 0.717) is 6.54 Å². The average molecular weight is 308 g/mol. The van der Waals surface area contributed by atoms with Gasteiger partial charge in [-0.3, -0.25) is 4.98 Å². The molecule has 0 spiro atoms. The van der Waals surface area contributed by atoms with Crippen LogP contribution in [0.5, 0.6) is 5.75 Å². The van der Waals surface area contributed by atoms with Crippen molar-refractivity contribution in [2.75, 3.05) is 11.4 Å². The molecule has 1 aromatic carbocycles. The molecular formula is C16H15F3N2O. The van der Waals surface area contributed by atoms with Crippen LogP contribution in [0, 0.1) is 0 Å². The third-order valence-electron chi connectivity index (χ3n) is 3.58. The van der Waals surface area contributed by atoms with Crippen LogP contribution >= 0.6 is 0 Å². The van der Waals surface area contributed by atoms with Gasteiger partial charge in [0.1, 0.15) is 5.75 Å². The maximum absolute atomic E-state index is 12.3. The van der Waals surface area contributed by atoms with Crippen molar-refractivity contribution in [2.45, 2.75) is 25.7 Å². The first-order valence-electron chi connectivity index (χ1n) is 7.05. The summed E-state index contributed by atoms with van der Waals surface area (Å²) in [5.41, 5.74) is 2.77. The Balaban J connectivity index is 1.81. The summed E-state index contributed by atoms with van der Waals surface area (Å²) in [4.78, 5) is 6.43. The number of aryl methyl sites for hydroxylation is 1. The maximum atomic E-state index is 12.3. The molecule has 1 aromatic heterocycles. The van der Waals surface area contributed by atoms with Gasteiger partial charge in [-0.2, -0.15) is 0 Å². The summed E-state index contributed by atoms with van der Waals surface area (Å²) in [6.07, 6.45) is -1.27. The van der Waals surface area contributed by atoms with Crippen LogP contribution < -0.4 is 9.64 Å². The van der Waals surface area contributed by atoms with Crippen molar-refractivity contribution < 1.29 is 17.9 Å². The van der Waals surface area contributed by atoms with Gasteiger partial charge in [0.2, 0.25) is 0 Å². The minimum atomic E-state index is -4.66. The Kier molecular flexibility index (Phi) is 3.92. The van der Waals surface area contributed by atoms with Gasteiger partial charge in [-0.1, -0.05) is 6.07 Å². The zero-order chi connectivity index (χ0) is 15.6. The number of hydrogen-bond acceptors (Lipinski definition) is 3. The molecule has 0 aliphatic carbocycles. The Bertz CT molecular complexity index is 644. The second-order valence-corrected chi connectivity index (χ2v) is 5.18. The van der Waals surface area contributed by atoms with E-state index in [1.54, 1.807) is 12.3 Å². The van der Waals surface area contributed by atoms with E-state index in [2.05, 4.69) is 14.6 Å². The molecule has 0 saturated heterocycles. The predicted molar refractivity (Wildman–Crippen MR) is 76.7 cm³/mol. The minimum absolute atomic E-state index is 0.161. The molecule has 0 atom stereocenters. The van der Waals surface area contributed by atoms with Gasteiger partial charge in [-0.05, 0) is 48.7 Å². The molecule has 1 aliphatic heterocycles. The summed E-state index contributed by atoms with van der Waals surface area (Å²) < 4.78 is 40.9. The number of benzene rings is 1. The number of halogens is 3. The van der Waals surface area contributed by atoms with E-state index < -0.39 is 6.36 Å². The first kappa shape index (κ1) is 14.7. The topological polar surface area (TPSA) is 25.4 Å². The highest BCUT2D eigenvalue weighted by Gasteiger charge is 2.31. The fourth-order valence-electron chi connectivity index (χ4n) is 2.70. The SMILES string of the molecule is FC(F)(F)Oc1ccc2c(c1)CCCN2Cc1ccccn1. The summed E-state index contributed by atoms with van der Waals surface area (Å²) in [5, 5.41) is 0. The van der Waals surface area contributed by atoms with Crippen molar-refractivity contribution >= 4 is 5.69 Å². The number of fused-ring (bicyclic) bond motifs is 1. The standard InChI is InChI=1S/C16H15F3N2O/c17-16(18,19)22-14-6-7-15-12(10-14)4-3-9-21(15)11-13-5-1-2-8-20-13/h1-2,5-8,10H,3-4,9,11H2. The normalized spacial score (nSPS) is 14.6. The number of alkyl halides is 3. The highest BCUT2D eigenvalue weighted by Crippen LogP contribution is 2.33. The van der Waals surface area contributed by atoms with Crippen LogP contribution in [0.25, 0.3) is 0 Å². The summed E-state index contributed by atoms with van der Waals surface area (Å²) >= 11 is 0. The number of pyridine rings is 1. The first-order chi connectivity index (χ1) is 10.5. The molecule has 2 aromatic rings. The van der Waals surface area contributed by atoms with Gasteiger partial charge in [0.25, 0.3) is 0 Å². The van der Waals surface area contributed by atoms with Gasteiger partial charge in [0, 0.05) is 18.4 Å². The van der Waals surface area contributed by atoms with Crippen molar-refractivity contribution in [1.29, 1.82) is 0 Å². The van der Waals surface area contributed by atoms with E-state index in [1.165, 1.54) is 12.1 Å². The molecule has 0 amide bonds. The van der Waals surface area contributed by atoms with Gasteiger partial charge in [0.15, 0.2) is 0 Å². The fourth-order valence-corrected chi connectivity index (χ4v) is 2.70. The van der Waals surface area contributed by atoms with Crippen molar-refractivity contribution in [3.05, 3.63) is 53.9 Å². The molecule has 0 unspecified atom stereocenters. The summed E-state index contributed by atoms with van der Waals surface area (Å²) in [7, 11) is 0. The van der Waals surface area contributed by atoms with Crippen molar-refractivity contribution in [2.24, 2.45) is 0 Å². The number of anilines is 1. The second-order valence-electron chi connectivity index (χ2n) is 5.18. The number of aromatic nitrogens is 1. The van der Waals surface area contributed by atoms with Crippen molar-refractivity contribution in [3.63, 3.8) is 0 Å². The lowest BCUT2D eigenvalue weighted by Gasteiger charge is -2.31. The Labute approximate surface area is 126 Å². The average Bonchev–Trinajstić information content (AvgIpc) is 2.47. The van der Waals surface area contributed by atoms with Crippen molar-refractivity contribution in [1.82, 2.24) is 4.98 Å². The lowest BCUT2D eigenvalue weighted by atomic mass is 10.0. The van der Waals surface area contributed by atoms with Crippen LogP contribution in [-0.2, 0) is 13.0 Å². The molecule has 116 valence electrons. The van der Waals surface area contributed by atoms with Crippen LogP contribution in [0.2, 0.25) is 0 Å². The molecule has 3 nitrogen and oxygen atoms in total. The third kappa shape index (κ3) is 3.50. The Hall–Kier alpha value is -2.24. The zero-order valence-corrected chi connectivity index (χ0v) is 11.8. The lowest BCUT2D eigenvalue weighted by Crippen LogP contribution is -2.29. The Morgan fingerprint density at radius 1 is 1.18 bits per heavy atom. The zero-order valence-electron chi connectivity index (χ0n) is 11.8. The quantitative estimate of drug-likeness (QED) is 0.859. The van der Waals surface area contributed by atoms with E-state index in [9.17, 15) is 13.2 Å². The molecule has 6 heteroatoms. The van der Waals surface area contributed by atoms with Crippen LogP contribution in [0.1, 0.15) is 17.7 Å². The molecule has 22 heavy (non-hydrogen) atoms. The minimum Gasteiger partial charge on any atom is -0.406 e. The van der Waals surface area contributed by atoms with E-state index in [0.717, 1.165) is 36.3 Å². The molecule has 0 radical (unpaired) electrons. The van der Waals surface area contributed by atoms with Crippen LogP contribution in [0.15, 0.2) is 42.6 Å². The van der Waals surface area contributed by atoms with E-state index in [4.69, 9.17) is 0 Å². The van der Waals surface area contributed by atoms with Gasteiger partial charge in [-0.25, -0.2) is 0 Å². The van der Waals surface area contributed by atoms with E-state index in [-0.39, 0.29) is 5.75 Å².